The minimum absolute atomic E-state index is 0.0645. The molecule has 0 fully saturated rings. The first kappa shape index (κ1) is 15.1. The van der Waals surface area contributed by atoms with E-state index in [0.717, 1.165) is 0 Å². The molecule has 0 spiro atoms. The molecule has 0 aliphatic rings. The van der Waals surface area contributed by atoms with E-state index in [1.165, 1.54) is 6.33 Å². The lowest BCUT2D eigenvalue weighted by atomic mass is 9.81. The maximum atomic E-state index is 12.4. The highest BCUT2D eigenvalue weighted by Gasteiger charge is 2.33. The molecule has 0 bridgehead atoms. The minimum Gasteiger partial charge on any atom is -0.329 e. The summed E-state index contributed by atoms with van der Waals surface area (Å²) in [6.07, 6.45) is 6.01. The topological polar surface area (TPSA) is 98.7 Å². The summed E-state index contributed by atoms with van der Waals surface area (Å²) in [5.74, 6) is 0.576. The standard InChI is InChI=1S/C14H20N6O/c1-3-14(4-2,8-15)13(21)19-11-5-6-12(17-7-11)20-10-16-9-18-20/h5-7,9-10H,3-4,8,15H2,1-2H3,(H,19,21). The van der Waals surface area contributed by atoms with Crippen LogP contribution in [0.3, 0.4) is 0 Å². The van der Waals surface area contributed by atoms with Crippen molar-refractivity contribution in [1.82, 2.24) is 19.7 Å². The number of nitrogens with zero attached hydrogens (tertiary/aromatic N) is 4. The number of carbonyl (C=O) groups excluding carboxylic acids is 1. The van der Waals surface area contributed by atoms with Crippen molar-refractivity contribution in [2.45, 2.75) is 26.7 Å². The van der Waals surface area contributed by atoms with E-state index in [-0.39, 0.29) is 5.91 Å². The van der Waals surface area contributed by atoms with Crippen LogP contribution in [0.4, 0.5) is 5.69 Å². The SMILES string of the molecule is CCC(CC)(CN)C(=O)Nc1ccc(-n2cncn2)nc1. The number of carbonyl (C=O) groups is 1. The number of aromatic nitrogens is 4. The quantitative estimate of drug-likeness (QED) is 0.836. The second kappa shape index (κ2) is 6.45. The van der Waals surface area contributed by atoms with E-state index < -0.39 is 5.41 Å². The molecule has 2 heterocycles. The highest BCUT2D eigenvalue weighted by Crippen LogP contribution is 2.26. The number of nitrogens with one attached hydrogen (secondary N) is 1. The molecule has 0 atom stereocenters. The second-order valence-electron chi connectivity index (χ2n) is 4.89. The zero-order valence-corrected chi connectivity index (χ0v) is 12.3. The maximum Gasteiger partial charge on any atom is 0.231 e. The highest BCUT2D eigenvalue weighted by molar-refractivity contribution is 5.95. The molecule has 0 aromatic carbocycles. The van der Waals surface area contributed by atoms with Gasteiger partial charge in [-0.25, -0.2) is 14.6 Å². The first-order valence-electron chi connectivity index (χ1n) is 6.97. The smallest absolute Gasteiger partial charge is 0.231 e. The van der Waals surface area contributed by atoms with Gasteiger partial charge in [0.25, 0.3) is 0 Å². The Morgan fingerprint density at radius 3 is 2.62 bits per heavy atom. The van der Waals surface area contributed by atoms with Gasteiger partial charge in [0.1, 0.15) is 12.7 Å². The molecule has 0 saturated carbocycles. The van der Waals surface area contributed by atoms with E-state index in [2.05, 4.69) is 20.4 Å². The van der Waals surface area contributed by atoms with Crippen LogP contribution < -0.4 is 11.1 Å². The molecule has 0 aliphatic heterocycles. The second-order valence-corrected chi connectivity index (χ2v) is 4.89. The molecule has 3 N–H and O–H groups in total. The molecule has 2 aromatic rings. The molecule has 2 aromatic heterocycles. The Morgan fingerprint density at radius 2 is 2.14 bits per heavy atom. The number of pyridine rings is 1. The fraction of sp³-hybridized carbons (Fsp3) is 0.429. The van der Waals surface area contributed by atoms with Crippen LogP contribution in [0.25, 0.3) is 5.82 Å². The Labute approximate surface area is 123 Å². The summed E-state index contributed by atoms with van der Waals surface area (Å²) in [6, 6.07) is 3.56. The number of amides is 1. The van der Waals surface area contributed by atoms with Gasteiger partial charge in [0.05, 0.1) is 17.3 Å². The Hall–Kier alpha value is -2.28. The lowest BCUT2D eigenvalue weighted by molar-refractivity contribution is -0.125. The predicted molar refractivity (Wildman–Crippen MR) is 79.9 cm³/mol. The van der Waals surface area contributed by atoms with E-state index in [4.69, 9.17) is 5.73 Å². The van der Waals surface area contributed by atoms with E-state index in [0.29, 0.717) is 30.9 Å². The van der Waals surface area contributed by atoms with Crippen molar-refractivity contribution in [3.63, 3.8) is 0 Å². The molecule has 7 heteroatoms. The molecule has 2 rings (SSSR count). The van der Waals surface area contributed by atoms with Gasteiger partial charge in [-0.15, -0.1) is 0 Å². The molecule has 0 saturated heterocycles. The number of hydrogen-bond acceptors (Lipinski definition) is 5. The Kier molecular flexibility index (Phi) is 4.64. The third kappa shape index (κ3) is 3.08. The molecule has 7 nitrogen and oxygen atoms in total. The number of rotatable bonds is 6. The lowest BCUT2D eigenvalue weighted by Crippen LogP contribution is -2.41. The third-order valence-corrected chi connectivity index (χ3v) is 3.89. The zero-order valence-electron chi connectivity index (χ0n) is 12.3. The monoisotopic (exact) mass is 288 g/mol. The van der Waals surface area contributed by atoms with Crippen LogP contribution in [0.2, 0.25) is 0 Å². The van der Waals surface area contributed by atoms with Crippen molar-refractivity contribution < 1.29 is 4.79 Å². The van der Waals surface area contributed by atoms with Crippen molar-refractivity contribution >= 4 is 11.6 Å². The summed E-state index contributed by atoms with van der Waals surface area (Å²) in [5, 5.41) is 6.88. The zero-order chi connectivity index (χ0) is 15.3. The van der Waals surface area contributed by atoms with Gasteiger partial charge in [-0.3, -0.25) is 4.79 Å². The van der Waals surface area contributed by atoms with Crippen LogP contribution in [0, 0.1) is 5.41 Å². The van der Waals surface area contributed by atoms with Gasteiger partial charge in [0.2, 0.25) is 5.91 Å². The van der Waals surface area contributed by atoms with E-state index in [1.54, 1.807) is 29.3 Å². The third-order valence-electron chi connectivity index (χ3n) is 3.89. The lowest BCUT2D eigenvalue weighted by Gasteiger charge is -2.28. The molecule has 0 unspecified atom stereocenters. The van der Waals surface area contributed by atoms with Gasteiger partial charge >= 0.3 is 0 Å². The fourth-order valence-corrected chi connectivity index (χ4v) is 2.14. The maximum absolute atomic E-state index is 12.4. The van der Waals surface area contributed by atoms with Crippen LogP contribution >= 0.6 is 0 Å². The van der Waals surface area contributed by atoms with Crippen molar-refractivity contribution in [2.24, 2.45) is 11.1 Å². The molecular weight excluding hydrogens is 268 g/mol. The van der Waals surface area contributed by atoms with Gasteiger partial charge in [-0.1, -0.05) is 13.8 Å². The van der Waals surface area contributed by atoms with Crippen molar-refractivity contribution in [1.29, 1.82) is 0 Å². The Bertz CT molecular complexity index is 566. The average molecular weight is 288 g/mol. The van der Waals surface area contributed by atoms with E-state index in [1.807, 2.05) is 13.8 Å². The summed E-state index contributed by atoms with van der Waals surface area (Å²) >= 11 is 0. The van der Waals surface area contributed by atoms with Gasteiger partial charge in [-0.2, -0.15) is 5.10 Å². The molecule has 0 aliphatic carbocycles. The Balaban J connectivity index is 2.11. The molecule has 0 radical (unpaired) electrons. The van der Waals surface area contributed by atoms with Gasteiger partial charge in [-0.05, 0) is 25.0 Å². The first-order valence-corrected chi connectivity index (χ1v) is 6.97. The van der Waals surface area contributed by atoms with Gasteiger partial charge in [0.15, 0.2) is 5.82 Å². The largest absolute Gasteiger partial charge is 0.329 e. The molecule has 1 amide bonds. The number of anilines is 1. The molecule has 21 heavy (non-hydrogen) atoms. The van der Waals surface area contributed by atoms with Gasteiger partial charge in [0, 0.05) is 6.54 Å². The summed E-state index contributed by atoms with van der Waals surface area (Å²) in [5.41, 5.74) is 5.90. The van der Waals surface area contributed by atoms with Crippen LogP contribution in [0.15, 0.2) is 31.0 Å². The highest BCUT2D eigenvalue weighted by atomic mass is 16.2. The summed E-state index contributed by atoms with van der Waals surface area (Å²) in [6.45, 7) is 4.28. The van der Waals surface area contributed by atoms with Crippen molar-refractivity contribution in [3.05, 3.63) is 31.0 Å². The normalized spacial score (nSPS) is 11.4. The van der Waals surface area contributed by atoms with E-state index in [9.17, 15) is 4.79 Å². The summed E-state index contributed by atoms with van der Waals surface area (Å²) in [7, 11) is 0. The molecule has 112 valence electrons. The summed E-state index contributed by atoms with van der Waals surface area (Å²) in [4.78, 5) is 20.5. The van der Waals surface area contributed by atoms with Gasteiger partial charge < -0.3 is 11.1 Å². The van der Waals surface area contributed by atoms with Crippen molar-refractivity contribution in [3.8, 4) is 5.82 Å². The minimum atomic E-state index is -0.523. The van der Waals surface area contributed by atoms with Crippen molar-refractivity contribution in [2.75, 3.05) is 11.9 Å². The Morgan fingerprint density at radius 1 is 1.38 bits per heavy atom. The van der Waals surface area contributed by atoms with Crippen LogP contribution in [0.5, 0.6) is 0 Å². The number of hydrogen-bond donors (Lipinski definition) is 2. The van der Waals surface area contributed by atoms with Crippen LogP contribution in [-0.4, -0.2) is 32.2 Å². The van der Waals surface area contributed by atoms with Crippen LogP contribution in [0.1, 0.15) is 26.7 Å². The number of nitrogens with two attached hydrogens (primary N) is 1. The fourth-order valence-electron chi connectivity index (χ4n) is 2.14. The van der Waals surface area contributed by atoms with E-state index >= 15 is 0 Å². The average Bonchev–Trinajstić information content (AvgIpc) is 3.05. The summed E-state index contributed by atoms with van der Waals surface area (Å²) < 4.78 is 1.55. The van der Waals surface area contributed by atoms with Crippen LogP contribution in [-0.2, 0) is 4.79 Å². The first-order chi connectivity index (χ1) is 10.1. The predicted octanol–water partition coefficient (Wildman–Crippen LogP) is 1.37. The molecular formula is C14H20N6O.